The number of hydrogen-bond acceptors (Lipinski definition) is 5. The average Bonchev–Trinajstić information content (AvgIpc) is 2.99. The van der Waals surface area contributed by atoms with Gasteiger partial charge in [0.05, 0.1) is 17.7 Å². The van der Waals surface area contributed by atoms with Crippen molar-refractivity contribution in [2.45, 2.75) is 65.7 Å². The van der Waals surface area contributed by atoms with Crippen LogP contribution in [0.25, 0.3) is 0 Å². The third-order valence-corrected chi connectivity index (χ3v) is 8.30. The molecule has 2 amide bonds. The Morgan fingerprint density at radius 1 is 1.17 bits per heavy atom. The van der Waals surface area contributed by atoms with Crippen LogP contribution in [-0.4, -0.2) is 48.0 Å². The number of rotatable bonds is 9. The summed E-state index contributed by atoms with van der Waals surface area (Å²) in [6.45, 7) is 7.88. The van der Waals surface area contributed by atoms with E-state index in [-0.39, 0.29) is 23.8 Å². The van der Waals surface area contributed by atoms with Gasteiger partial charge in [0.2, 0.25) is 11.8 Å². The lowest BCUT2D eigenvalue weighted by molar-refractivity contribution is -0.159. The molecule has 7 heteroatoms. The fraction of sp³-hybridized carbons (Fsp3) is 0.783. The molecule has 4 aliphatic rings. The number of hydrogen-bond donors (Lipinski definition) is 1. The second kappa shape index (κ2) is 8.95. The number of ether oxygens (including phenoxy) is 1. The smallest absolute Gasteiger partial charge is 0.245 e. The van der Waals surface area contributed by atoms with Crippen molar-refractivity contribution in [3.05, 3.63) is 10.6 Å². The summed E-state index contributed by atoms with van der Waals surface area (Å²) in [7, 11) is 0. The topological polar surface area (TPSA) is 71.5 Å². The molecule has 166 valence electrons. The molecule has 30 heavy (non-hydrogen) atoms. The number of amides is 2. The number of nitrogens with zero attached hydrogens (tertiary/aromatic N) is 2. The standard InChI is InChI=1S/C23H35N3O3S/c1-4-29-7-5-6-26(14-20(27)25-22-24-15(2)16(3)30-22)21(28)23-11-17-8-18(12-23)10-19(9-17)13-23/h17-19H,4-14H2,1-3H3,(H,24,25,27). The van der Waals surface area contributed by atoms with Crippen molar-refractivity contribution in [1.29, 1.82) is 0 Å². The maximum absolute atomic E-state index is 13.8. The van der Waals surface area contributed by atoms with Crippen LogP contribution in [0.15, 0.2) is 0 Å². The third-order valence-electron chi connectivity index (χ3n) is 7.31. The summed E-state index contributed by atoms with van der Waals surface area (Å²) in [5.74, 6) is 2.18. The number of carbonyl (C=O) groups is 2. The zero-order valence-electron chi connectivity index (χ0n) is 18.5. The van der Waals surface area contributed by atoms with Crippen molar-refractivity contribution in [2.75, 3.05) is 31.6 Å². The van der Waals surface area contributed by atoms with Gasteiger partial charge in [-0.3, -0.25) is 9.59 Å². The van der Waals surface area contributed by atoms with Crippen LogP contribution < -0.4 is 5.32 Å². The van der Waals surface area contributed by atoms with E-state index in [2.05, 4.69) is 10.3 Å². The molecule has 0 spiro atoms. The molecule has 4 bridgehead atoms. The minimum atomic E-state index is -0.227. The molecule has 4 fully saturated rings. The lowest BCUT2D eigenvalue weighted by Crippen LogP contribution is -2.55. The van der Waals surface area contributed by atoms with Gasteiger partial charge < -0.3 is 15.0 Å². The zero-order valence-corrected chi connectivity index (χ0v) is 19.4. The maximum atomic E-state index is 13.8. The molecule has 5 rings (SSSR count). The molecule has 4 saturated carbocycles. The van der Waals surface area contributed by atoms with Gasteiger partial charge in [0.25, 0.3) is 0 Å². The highest BCUT2D eigenvalue weighted by molar-refractivity contribution is 7.15. The molecule has 1 aromatic heterocycles. The van der Waals surface area contributed by atoms with Gasteiger partial charge in [-0.2, -0.15) is 0 Å². The Morgan fingerprint density at radius 3 is 2.33 bits per heavy atom. The van der Waals surface area contributed by atoms with Gasteiger partial charge in [-0.05, 0) is 83.5 Å². The number of nitrogens with one attached hydrogen (secondary N) is 1. The zero-order chi connectivity index (χ0) is 21.3. The predicted octanol–water partition coefficient (Wildman–Crippen LogP) is 4.17. The van der Waals surface area contributed by atoms with E-state index >= 15 is 0 Å². The molecule has 0 aromatic carbocycles. The monoisotopic (exact) mass is 433 g/mol. The van der Waals surface area contributed by atoms with Crippen LogP contribution in [0.3, 0.4) is 0 Å². The van der Waals surface area contributed by atoms with E-state index in [0.717, 1.165) is 36.3 Å². The molecule has 6 nitrogen and oxygen atoms in total. The number of anilines is 1. The first-order valence-corrected chi connectivity index (χ1v) is 12.3. The van der Waals surface area contributed by atoms with Gasteiger partial charge in [-0.15, -0.1) is 11.3 Å². The van der Waals surface area contributed by atoms with E-state index in [9.17, 15) is 9.59 Å². The van der Waals surface area contributed by atoms with Crippen molar-refractivity contribution in [3.63, 3.8) is 0 Å². The van der Waals surface area contributed by atoms with E-state index < -0.39 is 0 Å². The Bertz CT molecular complexity index is 736. The third kappa shape index (κ3) is 4.57. The fourth-order valence-corrected chi connectivity index (χ4v) is 7.15. The average molecular weight is 434 g/mol. The Kier molecular flexibility index (Phi) is 6.49. The van der Waals surface area contributed by atoms with Crippen molar-refractivity contribution < 1.29 is 14.3 Å². The molecule has 1 heterocycles. The van der Waals surface area contributed by atoms with Gasteiger partial charge >= 0.3 is 0 Å². The van der Waals surface area contributed by atoms with Crippen LogP contribution in [0.5, 0.6) is 0 Å². The van der Waals surface area contributed by atoms with E-state index in [1.807, 2.05) is 25.7 Å². The number of carbonyl (C=O) groups excluding carboxylic acids is 2. The highest BCUT2D eigenvalue weighted by Gasteiger charge is 2.55. The summed E-state index contributed by atoms with van der Waals surface area (Å²) in [5.41, 5.74) is 0.711. The summed E-state index contributed by atoms with van der Waals surface area (Å²) in [4.78, 5) is 33.9. The van der Waals surface area contributed by atoms with E-state index in [1.54, 1.807) is 0 Å². The van der Waals surface area contributed by atoms with Crippen LogP contribution in [0.1, 0.15) is 62.4 Å². The Balaban J connectivity index is 1.44. The number of aromatic nitrogens is 1. The summed E-state index contributed by atoms with van der Waals surface area (Å²) >= 11 is 1.48. The summed E-state index contributed by atoms with van der Waals surface area (Å²) < 4.78 is 5.48. The van der Waals surface area contributed by atoms with Crippen LogP contribution in [0.4, 0.5) is 5.13 Å². The van der Waals surface area contributed by atoms with Gasteiger partial charge in [-0.25, -0.2) is 4.98 Å². The first-order valence-electron chi connectivity index (χ1n) is 11.5. The SMILES string of the molecule is CCOCCCN(CC(=O)Nc1nc(C)c(C)s1)C(=O)C12CC3CC(CC(C3)C1)C2. The first-order chi connectivity index (χ1) is 14.4. The highest BCUT2D eigenvalue weighted by Crippen LogP contribution is 2.60. The van der Waals surface area contributed by atoms with Gasteiger partial charge in [0.1, 0.15) is 0 Å². The molecule has 0 radical (unpaired) electrons. The highest BCUT2D eigenvalue weighted by atomic mass is 32.1. The van der Waals surface area contributed by atoms with Gasteiger partial charge in [0.15, 0.2) is 5.13 Å². The van der Waals surface area contributed by atoms with Crippen molar-refractivity contribution in [2.24, 2.45) is 23.2 Å². The molecular formula is C23H35N3O3S. The Morgan fingerprint density at radius 2 is 1.80 bits per heavy atom. The minimum absolute atomic E-state index is 0.102. The number of thiazole rings is 1. The summed E-state index contributed by atoms with van der Waals surface area (Å²) in [6.07, 6.45) is 7.74. The predicted molar refractivity (Wildman–Crippen MR) is 119 cm³/mol. The maximum Gasteiger partial charge on any atom is 0.245 e. The van der Waals surface area contributed by atoms with E-state index in [0.29, 0.717) is 42.6 Å². The van der Waals surface area contributed by atoms with Gasteiger partial charge in [-0.1, -0.05) is 0 Å². The molecular weight excluding hydrogens is 398 g/mol. The fourth-order valence-electron chi connectivity index (χ4n) is 6.32. The quantitative estimate of drug-likeness (QED) is 0.593. The second-order valence-electron chi connectivity index (χ2n) is 9.68. The van der Waals surface area contributed by atoms with Crippen LogP contribution in [-0.2, 0) is 14.3 Å². The lowest BCUT2D eigenvalue weighted by atomic mass is 9.49. The second-order valence-corrected chi connectivity index (χ2v) is 10.9. The molecule has 4 aliphatic carbocycles. The molecule has 0 atom stereocenters. The van der Waals surface area contributed by atoms with Crippen molar-refractivity contribution in [3.8, 4) is 0 Å². The molecule has 1 N–H and O–H groups in total. The molecule has 0 unspecified atom stereocenters. The number of aryl methyl sites for hydroxylation is 2. The molecule has 0 aliphatic heterocycles. The van der Waals surface area contributed by atoms with E-state index in [4.69, 9.17) is 4.74 Å². The lowest BCUT2D eigenvalue weighted by Gasteiger charge is -2.56. The van der Waals surface area contributed by atoms with Crippen molar-refractivity contribution >= 4 is 28.3 Å². The normalized spacial score (nSPS) is 29.2. The Hall–Kier alpha value is -1.47. The van der Waals surface area contributed by atoms with Crippen LogP contribution in [0, 0.1) is 37.0 Å². The van der Waals surface area contributed by atoms with E-state index in [1.165, 1.54) is 30.6 Å². The minimum Gasteiger partial charge on any atom is -0.382 e. The molecule has 0 saturated heterocycles. The van der Waals surface area contributed by atoms with Crippen molar-refractivity contribution in [1.82, 2.24) is 9.88 Å². The largest absolute Gasteiger partial charge is 0.382 e. The van der Waals surface area contributed by atoms with Gasteiger partial charge in [0, 0.05) is 24.6 Å². The Labute approximate surface area is 183 Å². The van der Waals surface area contributed by atoms with Crippen LogP contribution in [0.2, 0.25) is 0 Å². The first kappa shape index (κ1) is 21.8. The summed E-state index contributed by atoms with van der Waals surface area (Å²) in [6, 6.07) is 0. The summed E-state index contributed by atoms with van der Waals surface area (Å²) in [5, 5.41) is 3.52. The van der Waals surface area contributed by atoms with Crippen LogP contribution >= 0.6 is 11.3 Å². The molecule has 1 aromatic rings.